The van der Waals surface area contributed by atoms with Crippen molar-refractivity contribution in [2.75, 3.05) is 13.1 Å². The van der Waals surface area contributed by atoms with E-state index in [-0.39, 0.29) is 16.7 Å². The quantitative estimate of drug-likeness (QED) is 0.818. The van der Waals surface area contributed by atoms with Crippen LogP contribution in [-0.2, 0) is 14.8 Å². The fourth-order valence-corrected chi connectivity index (χ4v) is 4.16. The second kappa shape index (κ2) is 8.00. The maximum atomic E-state index is 13.1. The molecule has 9 heteroatoms. The maximum absolute atomic E-state index is 13.1. The summed E-state index contributed by atoms with van der Waals surface area (Å²) in [6.45, 7) is 7.72. The van der Waals surface area contributed by atoms with Crippen LogP contribution in [0.15, 0.2) is 35.4 Å². The average molecular weight is 406 g/mol. The molecule has 2 N–H and O–H groups in total. The van der Waals surface area contributed by atoms with E-state index in [1.54, 1.807) is 23.0 Å². The van der Waals surface area contributed by atoms with Gasteiger partial charge in [0.05, 0.1) is 11.1 Å². The standard InChI is InChI=1S/C19H27N5O3S/c1-13(2)18(19(25)23-10-4-5-14(3)11-23)24-12-17(21-22-24)15-6-8-16(9-7-15)28(20,26)27/h6-9,12-14,18H,4-5,10-11H2,1-3H3,(H2,20,26,27)/t14?,18-/m0/s1. The summed E-state index contributed by atoms with van der Waals surface area (Å²) in [6.07, 6.45) is 3.91. The number of likely N-dealkylation sites (tertiary alicyclic amines) is 1. The molecule has 0 radical (unpaired) electrons. The Bertz CT molecular complexity index is 937. The molecule has 8 nitrogen and oxygen atoms in total. The highest BCUT2D eigenvalue weighted by Gasteiger charge is 2.32. The second-order valence-corrected chi connectivity index (χ2v) is 9.44. The van der Waals surface area contributed by atoms with Gasteiger partial charge in [-0.1, -0.05) is 38.1 Å². The average Bonchev–Trinajstić information content (AvgIpc) is 3.10. The van der Waals surface area contributed by atoms with Crippen LogP contribution in [0.1, 0.15) is 39.7 Å². The number of primary sulfonamides is 1. The van der Waals surface area contributed by atoms with E-state index in [0.717, 1.165) is 25.9 Å². The van der Waals surface area contributed by atoms with E-state index in [2.05, 4.69) is 17.2 Å². The summed E-state index contributed by atoms with van der Waals surface area (Å²) in [5, 5.41) is 13.5. The van der Waals surface area contributed by atoms with Gasteiger partial charge in [-0.05, 0) is 36.8 Å². The summed E-state index contributed by atoms with van der Waals surface area (Å²) in [5.41, 5.74) is 1.28. The Morgan fingerprint density at radius 2 is 1.93 bits per heavy atom. The van der Waals surface area contributed by atoms with Crippen LogP contribution in [0, 0.1) is 11.8 Å². The third kappa shape index (κ3) is 4.41. The van der Waals surface area contributed by atoms with Crippen molar-refractivity contribution in [3.8, 4) is 11.3 Å². The number of aromatic nitrogens is 3. The Labute approximate surface area is 165 Å². The van der Waals surface area contributed by atoms with Crippen LogP contribution in [0.2, 0.25) is 0 Å². The van der Waals surface area contributed by atoms with Crippen molar-refractivity contribution in [1.82, 2.24) is 19.9 Å². The van der Waals surface area contributed by atoms with Gasteiger partial charge in [-0.25, -0.2) is 18.2 Å². The summed E-state index contributed by atoms with van der Waals surface area (Å²) in [5.74, 6) is 0.640. The van der Waals surface area contributed by atoms with E-state index < -0.39 is 16.1 Å². The summed E-state index contributed by atoms with van der Waals surface area (Å²) >= 11 is 0. The van der Waals surface area contributed by atoms with Gasteiger partial charge in [0.15, 0.2) is 0 Å². The van der Waals surface area contributed by atoms with Gasteiger partial charge < -0.3 is 4.90 Å². The minimum absolute atomic E-state index is 0.0399. The highest BCUT2D eigenvalue weighted by molar-refractivity contribution is 7.89. The SMILES string of the molecule is CC1CCCN(C(=O)[C@H](C(C)C)n2cc(-c3ccc(S(N)(=O)=O)cc3)nn2)C1. The molecule has 2 aromatic rings. The first-order chi connectivity index (χ1) is 13.2. The Hall–Kier alpha value is -2.26. The van der Waals surface area contributed by atoms with Crippen molar-refractivity contribution in [2.45, 2.75) is 44.6 Å². The van der Waals surface area contributed by atoms with Gasteiger partial charge in [0, 0.05) is 18.7 Å². The van der Waals surface area contributed by atoms with Gasteiger partial charge in [0.1, 0.15) is 11.7 Å². The molecule has 1 aliphatic heterocycles. The third-order valence-corrected chi connectivity index (χ3v) is 6.06. The molecule has 1 unspecified atom stereocenters. The molecule has 2 atom stereocenters. The van der Waals surface area contributed by atoms with Crippen LogP contribution in [-0.4, -0.2) is 47.3 Å². The Kier molecular flexibility index (Phi) is 5.85. The summed E-state index contributed by atoms with van der Waals surface area (Å²) < 4.78 is 24.4. The zero-order valence-corrected chi connectivity index (χ0v) is 17.3. The minimum Gasteiger partial charge on any atom is -0.341 e. The maximum Gasteiger partial charge on any atom is 0.247 e. The molecule has 1 fully saturated rings. The topological polar surface area (TPSA) is 111 Å². The van der Waals surface area contributed by atoms with Gasteiger partial charge >= 0.3 is 0 Å². The van der Waals surface area contributed by atoms with E-state index in [4.69, 9.17) is 5.14 Å². The Morgan fingerprint density at radius 1 is 1.25 bits per heavy atom. The van der Waals surface area contributed by atoms with E-state index in [1.807, 2.05) is 18.7 Å². The first-order valence-corrected chi connectivity index (χ1v) is 11.1. The second-order valence-electron chi connectivity index (χ2n) is 7.87. The molecule has 0 spiro atoms. The van der Waals surface area contributed by atoms with Crippen LogP contribution in [0.25, 0.3) is 11.3 Å². The zero-order chi connectivity index (χ0) is 20.5. The van der Waals surface area contributed by atoms with E-state index >= 15 is 0 Å². The predicted molar refractivity (Wildman–Crippen MR) is 106 cm³/mol. The van der Waals surface area contributed by atoms with Crippen LogP contribution >= 0.6 is 0 Å². The highest BCUT2D eigenvalue weighted by Crippen LogP contribution is 2.26. The number of sulfonamides is 1. The molecular formula is C19H27N5O3S. The number of rotatable bonds is 5. The van der Waals surface area contributed by atoms with E-state index in [0.29, 0.717) is 17.2 Å². The zero-order valence-electron chi connectivity index (χ0n) is 16.4. The minimum atomic E-state index is -3.74. The number of carbonyl (C=O) groups excluding carboxylic acids is 1. The Morgan fingerprint density at radius 3 is 2.50 bits per heavy atom. The lowest BCUT2D eigenvalue weighted by Gasteiger charge is -2.34. The number of amides is 1. The summed E-state index contributed by atoms with van der Waals surface area (Å²) in [7, 11) is -3.74. The molecule has 1 aliphatic rings. The van der Waals surface area contributed by atoms with Crippen molar-refractivity contribution in [3.05, 3.63) is 30.5 Å². The number of hydrogen-bond acceptors (Lipinski definition) is 5. The van der Waals surface area contributed by atoms with Crippen molar-refractivity contribution in [3.63, 3.8) is 0 Å². The van der Waals surface area contributed by atoms with Gasteiger partial charge in [0.2, 0.25) is 15.9 Å². The van der Waals surface area contributed by atoms with Gasteiger partial charge in [-0.15, -0.1) is 5.10 Å². The fraction of sp³-hybridized carbons (Fsp3) is 0.526. The van der Waals surface area contributed by atoms with E-state index in [1.165, 1.54) is 12.1 Å². The van der Waals surface area contributed by atoms with Gasteiger partial charge in [-0.2, -0.15) is 0 Å². The predicted octanol–water partition coefficient (Wildman–Crippen LogP) is 2.05. The molecule has 2 heterocycles. The highest BCUT2D eigenvalue weighted by atomic mass is 32.2. The molecule has 1 amide bonds. The molecule has 0 bridgehead atoms. The lowest BCUT2D eigenvalue weighted by Crippen LogP contribution is -2.44. The molecule has 1 aromatic carbocycles. The van der Waals surface area contributed by atoms with E-state index in [9.17, 15) is 13.2 Å². The lowest BCUT2D eigenvalue weighted by molar-refractivity contribution is -0.138. The van der Waals surface area contributed by atoms with Crippen LogP contribution < -0.4 is 5.14 Å². The number of nitrogens with zero attached hydrogens (tertiary/aromatic N) is 4. The first kappa shape index (κ1) is 20.5. The molecule has 3 rings (SSSR count). The van der Waals surface area contributed by atoms with Crippen molar-refractivity contribution >= 4 is 15.9 Å². The van der Waals surface area contributed by atoms with Crippen LogP contribution in [0.3, 0.4) is 0 Å². The van der Waals surface area contributed by atoms with Crippen molar-refractivity contribution in [2.24, 2.45) is 17.0 Å². The molecule has 0 aliphatic carbocycles. The summed E-state index contributed by atoms with van der Waals surface area (Å²) in [4.78, 5) is 15.1. The van der Waals surface area contributed by atoms with Crippen LogP contribution in [0.4, 0.5) is 0 Å². The number of piperidine rings is 1. The largest absolute Gasteiger partial charge is 0.341 e. The molecule has 0 saturated carbocycles. The lowest BCUT2D eigenvalue weighted by atomic mass is 9.97. The number of benzene rings is 1. The Balaban J connectivity index is 1.84. The van der Waals surface area contributed by atoms with Gasteiger partial charge in [0.25, 0.3) is 0 Å². The molecule has 1 saturated heterocycles. The third-order valence-electron chi connectivity index (χ3n) is 5.13. The number of nitrogens with two attached hydrogens (primary N) is 1. The summed E-state index contributed by atoms with van der Waals surface area (Å²) in [6, 6.07) is 5.71. The normalized spacial score (nSPS) is 19.0. The monoisotopic (exact) mass is 405 g/mol. The fourth-order valence-electron chi connectivity index (χ4n) is 3.64. The molecule has 28 heavy (non-hydrogen) atoms. The molecular weight excluding hydrogens is 378 g/mol. The van der Waals surface area contributed by atoms with Crippen molar-refractivity contribution < 1.29 is 13.2 Å². The molecule has 152 valence electrons. The smallest absolute Gasteiger partial charge is 0.247 e. The number of hydrogen-bond donors (Lipinski definition) is 1. The molecule has 1 aromatic heterocycles. The van der Waals surface area contributed by atoms with Crippen LogP contribution in [0.5, 0.6) is 0 Å². The first-order valence-electron chi connectivity index (χ1n) is 9.50. The van der Waals surface area contributed by atoms with Crippen molar-refractivity contribution in [1.29, 1.82) is 0 Å². The number of carbonyl (C=O) groups is 1. The van der Waals surface area contributed by atoms with Gasteiger partial charge in [-0.3, -0.25) is 4.79 Å².